The molecule has 208 valence electrons. The first-order valence-electron chi connectivity index (χ1n) is 12.6. The molecule has 0 bridgehead atoms. The van der Waals surface area contributed by atoms with Crippen molar-refractivity contribution >= 4 is 23.4 Å². The lowest BCUT2D eigenvalue weighted by molar-refractivity contribution is -0.137. The van der Waals surface area contributed by atoms with Gasteiger partial charge in [-0.25, -0.2) is 18.4 Å². The van der Waals surface area contributed by atoms with E-state index in [1.165, 1.54) is 11.3 Å². The van der Waals surface area contributed by atoms with Crippen LogP contribution in [0.3, 0.4) is 0 Å². The minimum Gasteiger partial charge on any atom is -0.459 e. The summed E-state index contributed by atoms with van der Waals surface area (Å²) in [5, 5.41) is 0. The number of hydrogen-bond acceptors (Lipinski definition) is 5. The fraction of sp³-hybridized carbons (Fsp3) is 0.556. The van der Waals surface area contributed by atoms with Crippen LogP contribution in [0.1, 0.15) is 71.6 Å². The van der Waals surface area contributed by atoms with Gasteiger partial charge in [0.05, 0.1) is 23.8 Å². The summed E-state index contributed by atoms with van der Waals surface area (Å²) in [6, 6.07) is 6.85. The molecule has 2 unspecified atom stereocenters. The Morgan fingerprint density at radius 3 is 2.63 bits per heavy atom. The van der Waals surface area contributed by atoms with Crippen LogP contribution in [0.25, 0.3) is 0 Å². The second-order valence-corrected chi connectivity index (χ2v) is 11.3. The molecule has 2 fully saturated rings. The molecule has 0 radical (unpaired) electrons. The summed E-state index contributed by atoms with van der Waals surface area (Å²) < 4.78 is 79.1. The van der Waals surface area contributed by atoms with E-state index in [0.717, 1.165) is 23.1 Å². The van der Waals surface area contributed by atoms with Gasteiger partial charge in [0.1, 0.15) is 4.88 Å². The second kappa shape index (κ2) is 10.8. The fourth-order valence-electron chi connectivity index (χ4n) is 5.13. The first kappa shape index (κ1) is 28.3. The molecule has 1 amide bonds. The van der Waals surface area contributed by atoms with E-state index in [-0.39, 0.29) is 31.0 Å². The molecular formula is C27H30F5NO4S. The van der Waals surface area contributed by atoms with Crippen LogP contribution < -0.4 is 0 Å². The van der Waals surface area contributed by atoms with Crippen LogP contribution in [-0.4, -0.2) is 41.8 Å². The Balaban J connectivity index is 1.34. The Labute approximate surface area is 221 Å². The van der Waals surface area contributed by atoms with Crippen LogP contribution in [0, 0.1) is 5.92 Å². The number of alkyl halides is 5. The van der Waals surface area contributed by atoms with E-state index in [1.54, 1.807) is 24.8 Å². The van der Waals surface area contributed by atoms with Gasteiger partial charge in [-0.2, -0.15) is 13.2 Å². The van der Waals surface area contributed by atoms with Crippen LogP contribution in [-0.2, 0) is 28.0 Å². The highest BCUT2D eigenvalue weighted by Gasteiger charge is 2.61. The summed E-state index contributed by atoms with van der Waals surface area (Å²) in [7, 11) is 0. The molecule has 1 aromatic heterocycles. The molecule has 2 heterocycles. The number of aryl methyl sites for hydroxylation is 1. The number of benzene rings is 1. The number of amides is 1. The minimum absolute atomic E-state index is 0.0826. The van der Waals surface area contributed by atoms with Gasteiger partial charge in [-0.05, 0) is 69.7 Å². The van der Waals surface area contributed by atoms with E-state index >= 15 is 0 Å². The topological polar surface area (TPSA) is 55.8 Å². The number of hydrogen-bond donors (Lipinski definition) is 0. The summed E-state index contributed by atoms with van der Waals surface area (Å²) in [5.74, 6) is -3.97. The van der Waals surface area contributed by atoms with E-state index < -0.39 is 41.3 Å². The van der Waals surface area contributed by atoms with E-state index in [2.05, 4.69) is 0 Å². The molecule has 2 atom stereocenters. The van der Waals surface area contributed by atoms with Gasteiger partial charge in [-0.1, -0.05) is 12.1 Å². The maximum Gasteiger partial charge on any atom is 0.416 e. The summed E-state index contributed by atoms with van der Waals surface area (Å²) in [4.78, 5) is 27.7. The highest BCUT2D eigenvalue weighted by molar-refractivity contribution is 7.13. The SMILES string of the molecule is CC(C)OC(=O)c1ccc(CCCN2C(=O)OCCC23CC3CCC(F)(F)c2cccc(C(F)(F)F)c2)s1. The van der Waals surface area contributed by atoms with Crippen molar-refractivity contribution in [2.45, 2.75) is 76.1 Å². The fourth-order valence-corrected chi connectivity index (χ4v) is 6.06. The Bertz CT molecular complexity index is 1160. The quantitative estimate of drug-likeness (QED) is 0.224. The first-order valence-corrected chi connectivity index (χ1v) is 13.4. The normalized spacial score (nSPS) is 21.6. The van der Waals surface area contributed by atoms with Gasteiger partial charge in [-0.15, -0.1) is 11.3 Å². The third-order valence-corrected chi connectivity index (χ3v) is 8.27. The van der Waals surface area contributed by atoms with Gasteiger partial charge >= 0.3 is 18.2 Å². The molecule has 11 heteroatoms. The number of cyclic esters (lactones) is 1. The molecule has 1 saturated heterocycles. The van der Waals surface area contributed by atoms with Gasteiger partial charge in [-0.3, -0.25) is 0 Å². The van der Waals surface area contributed by atoms with Crippen molar-refractivity contribution in [3.63, 3.8) is 0 Å². The lowest BCUT2D eigenvalue weighted by atomic mass is 9.97. The van der Waals surface area contributed by atoms with E-state index in [1.807, 2.05) is 6.07 Å². The van der Waals surface area contributed by atoms with Gasteiger partial charge in [0.25, 0.3) is 5.92 Å². The van der Waals surface area contributed by atoms with Crippen molar-refractivity contribution in [2.75, 3.05) is 13.2 Å². The largest absolute Gasteiger partial charge is 0.459 e. The number of halogens is 5. The zero-order valence-electron chi connectivity index (χ0n) is 21.2. The predicted octanol–water partition coefficient (Wildman–Crippen LogP) is 7.44. The molecule has 0 N–H and O–H groups in total. The number of ether oxygens (including phenoxy) is 2. The minimum atomic E-state index is -4.70. The molecule has 1 aromatic carbocycles. The summed E-state index contributed by atoms with van der Waals surface area (Å²) in [5.41, 5.74) is -2.32. The van der Waals surface area contributed by atoms with Gasteiger partial charge in [0, 0.05) is 29.8 Å². The zero-order valence-corrected chi connectivity index (χ0v) is 22.0. The molecule has 1 aliphatic heterocycles. The molecular weight excluding hydrogens is 529 g/mol. The maximum absolute atomic E-state index is 14.9. The third kappa shape index (κ3) is 6.30. The Morgan fingerprint density at radius 1 is 1.18 bits per heavy atom. The lowest BCUT2D eigenvalue weighted by Crippen LogP contribution is -2.49. The van der Waals surface area contributed by atoms with Crippen molar-refractivity contribution in [3.8, 4) is 0 Å². The molecule has 1 spiro atoms. The van der Waals surface area contributed by atoms with Gasteiger partial charge < -0.3 is 14.4 Å². The Hall–Kier alpha value is -2.69. The van der Waals surface area contributed by atoms with Crippen LogP contribution in [0.5, 0.6) is 0 Å². The number of nitrogens with zero attached hydrogens (tertiary/aromatic N) is 1. The predicted molar refractivity (Wildman–Crippen MR) is 131 cm³/mol. The van der Waals surface area contributed by atoms with E-state index in [4.69, 9.17) is 9.47 Å². The standard InChI is InChI=1S/C27H30F5NO4S/c1-17(2)37-23(34)22-9-8-21(38-22)7-4-13-33-24(35)36-14-12-25(33)16-20(25)10-11-26(28,29)18-5-3-6-19(15-18)27(30,31)32/h3,5-6,8-9,15,17,20H,4,7,10-14,16H2,1-2H3. The van der Waals surface area contributed by atoms with Crippen molar-refractivity contribution in [1.29, 1.82) is 0 Å². The van der Waals surface area contributed by atoms with Crippen molar-refractivity contribution in [3.05, 3.63) is 57.3 Å². The monoisotopic (exact) mass is 559 g/mol. The average Bonchev–Trinajstić information content (AvgIpc) is 3.30. The van der Waals surface area contributed by atoms with Crippen molar-refractivity contribution < 1.29 is 41.0 Å². The zero-order chi connectivity index (χ0) is 27.7. The molecule has 2 aromatic rings. The van der Waals surface area contributed by atoms with Crippen molar-refractivity contribution in [2.24, 2.45) is 5.92 Å². The molecule has 38 heavy (non-hydrogen) atoms. The molecule has 5 nitrogen and oxygen atoms in total. The van der Waals surface area contributed by atoms with Crippen LogP contribution in [0.15, 0.2) is 36.4 Å². The average molecular weight is 560 g/mol. The van der Waals surface area contributed by atoms with Gasteiger partial charge in [0.15, 0.2) is 0 Å². The smallest absolute Gasteiger partial charge is 0.416 e. The molecule has 4 rings (SSSR count). The van der Waals surface area contributed by atoms with E-state index in [9.17, 15) is 31.5 Å². The second-order valence-electron chi connectivity index (χ2n) is 10.2. The number of esters is 1. The summed E-state index contributed by atoms with van der Waals surface area (Å²) in [6.07, 6.45) is -3.60. The molecule has 1 saturated carbocycles. The van der Waals surface area contributed by atoms with Crippen LogP contribution >= 0.6 is 11.3 Å². The van der Waals surface area contributed by atoms with Gasteiger partial charge in [0.2, 0.25) is 0 Å². The van der Waals surface area contributed by atoms with Crippen LogP contribution in [0.2, 0.25) is 0 Å². The summed E-state index contributed by atoms with van der Waals surface area (Å²) in [6.45, 7) is 4.14. The highest BCUT2D eigenvalue weighted by Crippen LogP contribution is 2.56. The Morgan fingerprint density at radius 2 is 1.92 bits per heavy atom. The number of rotatable bonds is 10. The number of thiophene rings is 1. The first-order chi connectivity index (χ1) is 17.8. The molecule has 1 aliphatic carbocycles. The van der Waals surface area contributed by atoms with Crippen molar-refractivity contribution in [1.82, 2.24) is 4.90 Å². The number of carbonyl (C=O) groups excluding carboxylic acids is 2. The lowest BCUT2D eigenvalue weighted by Gasteiger charge is -2.37. The maximum atomic E-state index is 14.9. The molecule has 2 aliphatic rings. The van der Waals surface area contributed by atoms with E-state index in [0.29, 0.717) is 43.2 Å². The number of carbonyl (C=O) groups is 2. The summed E-state index contributed by atoms with van der Waals surface area (Å²) >= 11 is 1.33. The highest BCUT2D eigenvalue weighted by atomic mass is 32.1. The Kier molecular flexibility index (Phi) is 8.07. The van der Waals surface area contributed by atoms with Crippen LogP contribution in [0.4, 0.5) is 26.7 Å². The third-order valence-electron chi connectivity index (χ3n) is 7.15.